The van der Waals surface area contributed by atoms with E-state index in [9.17, 15) is 4.79 Å². The fourth-order valence-corrected chi connectivity index (χ4v) is 2.42. The van der Waals surface area contributed by atoms with Crippen LogP contribution < -0.4 is 16.6 Å². The highest BCUT2D eigenvalue weighted by Gasteiger charge is 2.10. The van der Waals surface area contributed by atoms with Crippen molar-refractivity contribution in [2.45, 2.75) is 0 Å². The maximum Gasteiger partial charge on any atom is 0.291 e. The van der Waals surface area contributed by atoms with Gasteiger partial charge in [0.05, 0.1) is 16.5 Å². The number of nitrogens with zero attached hydrogens (tertiary/aromatic N) is 1. The number of hydrogen-bond acceptors (Lipinski definition) is 6. The number of nitrogen functional groups attached to an aromatic ring is 1. The SMILES string of the molecule is NNc1nc2cc(NC(=O)c3ccco3)ccc2s1. The predicted octanol–water partition coefficient (Wildman–Crippen LogP) is 2.43. The Morgan fingerprint density at radius 2 is 2.26 bits per heavy atom. The molecule has 3 rings (SSSR count). The molecule has 1 aromatic carbocycles. The number of hydrazine groups is 1. The van der Waals surface area contributed by atoms with Crippen LogP contribution in [0.15, 0.2) is 41.0 Å². The Morgan fingerprint density at radius 3 is 3.00 bits per heavy atom. The molecule has 0 saturated heterocycles. The van der Waals surface area contributed by atoms with E-state index < -0.39 is 0 Å². The molecule has 0 spiro atoms. The van der Waals surface area contributed by atoms with Crippen molar-refractivity contribution < 1.29 is 9.21 Å². The number of furan rings is 1. The van der Waals surface area contributed by atoms with Crippen molar-refractivity contribution in [3.05, 3.63) is 42.4 Å². The van der Waals surface area contributed by atoms with Gasteiger partial charge in [-0.05, 0) is 30.3 Å². The normalized spacial score (nSPS) is 10.6. The van der Waals surface area contributed by atoms with Gasteiger partial charge in [0.2, 0.25) is 0 Å². The lowest BCUT2D eigenvalue weighted by Crippen LogP contribution is -2.10. The topological polar surface area (TPSA) is 93.2 Å². The fourth-order valence-electron chi connectivity index (χ4n) is 1.67. The van der Waals surface area contributed by atoms with Gasteiger partial charge in [0.15, 0.2) is 10.9 Å². The number of hydrogen-bond donors (Lipinski definition) is 3. The third kappa shape index (κ3) is 2.28. The van der Waals surface area contributed by atoms with Crippen LogP contribution in [-0.2, 0) is 0 Å². The maximum absolute atomic E-state index is 11.8. The van der Waals surface area contributed by atoms with Crippen LogP contribution in [-0.4, -0.2) is 10.9 Å². The molecule has 0 fully saturated rings. The Bertz CT molecular complexity index is 720. The number of fused-ring (bicyclic) bond motifs is 1. The molecular weight excluding hydrogens is 264 g/mol. The highest BCUT2D eigenvalue weighted by molar-refractivity contribution is 7.22. The van der Waals surface area contributed by atoms with Gasteiger partial charge in [-0.15, -0.1) is 0 Å². The molecular formula is C12H10N4O2S. The lowest BCUT2D eigenvalue weighted by Gasteiger charge is -2.02. The molecule has 0 aliphatic carbocycles. The number of nitrogens with one attached hydrogen (secondary N) is 2. The number of benzene rings is 1. The first-order valence-electron chi connectivity index (χ1n) is 5.48. The zero-order valence-electron chi connectivity index (χ0n) is 9.71. The van der Waals surface area contributed by atoms with Crippen molar-refractivity contribution in [1.29, 1.82) is 0 Å². The van der Waals surface area contributed by atoms with Crippen molar-refractivity contribution >= 4 is 38.3 Å². The van der Waals surface area contributed by atoms with E-state index in [1.54, 1.807) is 18.2 Å². The van der Waals surface area contributed by atoms with Gasteiger partial charge in [0, 0.05) is 5.69 Å². The van der Waals surface area contributed by atoms with Gasteiger partial charge in [-0.3, -0.25) is 10.2 Å². The van der Waals surface area contributed by atoms with Gasteiger partial charge in [-0.1, -0.05) is 11.3 Å². The number of carbonyl (C=O) groups is 1. The summed E-state index contributed by atoms with van der Waals surface area (Å²) in [7, 11) is 0. The number of anilines is 2. The summed E-state index contributed by atoms with van der Waals surface area (Å²) in [4.78, 5) is 16.1. The molecule has 2 aromatic heterocycles. The molecule has 6 nitrogen and oxygen atoms in total. The monoisotopic (exact) mass is 274 g/mol. The van der Waals surface area contributed by atoms with E-state index in [2.05, 4.69) is 15.7 Å². The van der Waals surface area contributed by atoms with E-state index in [1.165, 1.54) is 17.6 Å². The van der Waals surface area contributed by atoms with Crippen molar-refractivity contribution in [2.75, 3.05) is 10.7 Å². The van der Waals surface area contributed by atoms with Crippen LogP contribution in [0.1, 0.15) is 10.6 Å². The van der Waals surface area contributed by atoms with Gasteiger partial charge >= 0.3 is 0 Å². The van der Waals surface area contributed by atoms with Gasteiger partial charge in [0.1, 0.15) is 0 Å². The predicted molar refractivity (Wildman–Crippen MR) is 74.1 cm³/mol. The van der Waals surface area contributed by atoms with Gasteiger partial charge in [-0.2, -0.15) is 0 Å². The first kappa shape index (κ1) is 11.7. The largest absolute Gasteiger partial charge is 0.459 e. The summed E-state index contributed by atoms with van der Waals surface area (Å²) < 4.78 is 6.01. The number of aromatic nitrogens is 1. The lowest BCUT2D eigenvalue weighted by atomic mass is 10.3. The second kappa shape index (κ2) is 4.71. The average molecular weight is 274 g/mol. The molecule has 0 radical (unpaired) electrons. The number of rotatable bonds is 3. The van der Waals surface area contributed by atoms with E-state index in [1.807, 2.05) is 12.1 Å². The highest BCUT2D eigenvalue weighted by Crippen LogP contribution is 2.27. The third-order valence-electron chi connectivity index (χ3n) is 2.51. The Morgan fingerprint density at radius 1 is 1.37 bits per heavy atom. The minimum atomic E-state index is -0.295. The summed E-state index contributed by atoms with van der Waals surface area (Å²) in [5, 5.41) is 3.37. The number of nitrogens with two attached hydrogens (primary N) is 1. The van der Waals surface area contributed by atoms with E-state index in [-0.39, 0.29) is 11.7 Å². The first-order valence-corrected chi connectivity index (χ1v) is 6.30. The standard InChI is InChI=1S/C12H10N4O2S/c13-16-12-15-8-6-7(3-4-10(8)19-12)14-11(17)9-2-1-5-18-9/h1-6H,13H2,(H,14,17)(H,15,16). The number of amides is 1. The molecule has 4 N–H and O–H groups in total. The lowest BCUT2D eigenvalue weighted by molar-refractivity contribution is 0.0996. The minimum absolute atomic E-state index is 0.266. The van der Waals surface area contributed by atoms with Crippen molar-refractivity contribution in [1.82, 2.24) is 4.98 Å². The fraction of sp³-hybridized carbons (Fsp3) is 0. The highest BCUT2D eigenvalue weighted by atomic mass is 32.1. The molecule has 0 aliphatic heterocycles. The Kier molecular flexibility index (Phi) is 2.90. The number of carbonyl (C=O) groups excluding carboxylic acids is 1. The van der Waals surface area contributed by atoms with Crippen LogP contribution >= 0.6 is 11.3 Å². The molecule has 3 aromatic rings. The van der Waals surface area contributed by atoms with Gasteiger partial charge < -0.3 is 9.73 Å². The summed E-state index contributed by atoms with van der Waals surface area (Å²) in [6.45, 7) is 0. The van der Waals surface area contributed by atoms with Gasteiger partial charge in [-0.25, -0.2) is 10.8 Å². The summed E-state index contributed by atoms with van der Waals surface area (Å²) >= 11 is 1.44. The molecule has 0 unspecified atom stereocenters. The Labute approximate surface area is 112 Å². The van der Waals surface area contributed by atoms with Crippen LogP contribution in [0.3, 0.4) is 0 Å². The van der Waals surface area contributed by atoms with Crippen molar-refractivity contribution in [3.8, 4) is 0 Å². The quantitative estimate of drug-likeness (QED) is 0.504. The van der Waals surface area contributed by atoms with Crippen molar-refractivity contribution in [3.63, 3.8) is 0 Å². The van der Waals surface area contributed by atoms with E-state index >= 15 is 0 Å². The molecule has 0 saturated carbocycles. The zero-order valence-corrected chi connectivity index (χ0v) is 10.5. The summed E-state index contributed by atoms with van der Waals surface area (Å²) in [6.07, 6.45) is 1.46. The summed E-state index contributed by atoms with van der Waals surface area (Å²) in [6, 6.07) is 8.74. The number of thiazole rings is 1. The summed E-state index contributed by atoms with van der Waals surface area (Å²) in [5.41, 5.74) is 3.93. The first-order chi connectivity index (χ1) is 9.26. The molecule has 19 heavy (non-hydrogen) atoms. The van der Waals surface area contributed by atoms with Crippen LogP contribution in [0, 0.1) is 0 Å². The smallest absolute Gasteiger partial charge is 0.291 e. The van der Waals surface area contributed by atoms with E-state index in [4.69, 9.17) is 10.3 Å². The van der Waals surface area contributed by atoms with Gasteiger partial charge in [0.25, 0.3) is 5.91 Å². The third-order valence-corrected chi connectivity index (χ3v) is 3.48. The molecule has 0 aliphatic rings. The second-order valence-corrected chi connectivity index (χ2v) is 4.81. The second-order valence-electron chi connectivity index (χ2n) is 3.78. The van der Waals surface area contributed by atoms with Crippen LogP contribution in [0.5, 0.6) is 0 Å². The summed E-state index contributed by atoms with van der Waals surface area (Å²) in [5.74, 6) is 5.28. The molecule has 2 heterocycles. The maximum atomic E-state index is 11.8. The van der Waals surface area contributed by atoms with Crippen LogP contribution in [0.25, 0.3) is 10.2 Å². The molecule has 7 heteroatoms. The van der Waals surface area contributed by atoms with Crippen LogP contribution in [0.4, 0.5) is 10.8 Å². The molecule has 0 atom stereocenters. The molecule has 96 valence electrons. The van der Waals surface area contributed by atoms with Crippen molar-refractivity contribution in [2.24, 2.45) is 5.84 Å². The minimum Gasteiger partial charge on any atom is -0.459 e. The van der Waals surface area contributed by atoms with E-state index in [0.29, 0.717) is 10.8 Å². The van der Waals surface area contributed by atoms with E-state index in [0.717, 1.165) is 10.2 Å². The zero-order chi connectivity index (χ0) is 13.2. The molecule has 0 bridgehead atoms. The molecule has 1 amide bonds. The average Bonchev–Trinajstić information content (AvgIpc) is 3.07. The Hall–Kier alpha value is -2.38. The van der Waals surface area contributed by atoms with Crippen LogP contribution in [0.2, 0.25) is 0 Å². The Balaban J connectivity index is 1.87.